The Morgan fingerprint density at radius 3 is 2.58 bits per heavy atom. The van der Waals surface area contributed by atoms with Crippen LogP contribution in [-0.4, -0.2) is 53.9 Å². The Bertz CT molecular complexity index is 1020. The molecule has 0 aliphatic carbocycles. The van der Waals surface area contributed by atoms with E-state index in [4.69, 9.17) is 14.2 Å². The first-order valence-electron chi connectivity index (χ1n) is 10.4. The van der Waals surface area contributed by atoms with Gasteiger partial charge in [-0.2, -0.15) is 0 Å². The summed E-state index contributed by atoms with van der Waals surface area (Å²) in [6.45, 7) is 4.90. The van der Waals surface area contributed by atoms with Gasteiger partial charge in [0.2, 0.25) is 0 Å². The highest BCUT2D eigenvalue weighted by Gasteiger charge is 2.41. The van der Waals surface area contributed by atoms with Crippen molar-refractivity contribution in [2.45, 2.75) is 45.2 Å². The zero-order chi connectivity index (χ0) is 24.2. The van der Waals surface area contributed by atoms with Crippen molar-refractivity contribution in [1.82, 2.24) is 0 Å². The number of esters is 2. The number of carbonyl (C=O) groups excluding carboxylic acids is 3. The van der Waals surface area contributed by atoms with Crippen molar-refractivity contribution in [2.24, 2.45) is 0 Å². The van der Waals surface area contributed by atoms with Gasteiger partial charge in [-0.05, 0) is 44.5 Å². The maximum atomic E-state index is 14.3. The highest BCUT2D eigenvalue weighted by atomic mass is 19.1. The van der Waals surface area contributed by atoms with Crippen LogP contribution in [0.25, 0.3) is 0 Å². The van der Waals surface area contributed by atoms with Crippen LogP contribution in [0.2, 0.25) is 0 Å². The van der Waals surface area contributed by atoms with E-state index in [1.807, 2.05) is 6.07 Å². The van der Waals surface area contributed by atoms with E-state index in [-0.39, 0.29) is 31.0 Å². The molecule has 0 radical (unpaired) electrons. The van der Waals surface area contributed by atoms with Crippen LogP contribution < -0.4 is 4.90 Å². The molecule has 9 heteroatoms. The van der Waals surface area contributed by atoms with Crippen LogP contribution in [0.4, 0.5) is 10.1 Å². The van der Waals surface area contributed by atoms with Crippen LogP contribution in [0.1, 0.15) is 36.7 Å². The van der Waals surface area contributed by atoms with Gasteiger partial charge in [0.25, 0.3) is 5.91 Å². The number of aliphatic hydroxyl groups excluding tert-OH is 1. The summed E-state index contributed by atoms with van der Waals surface area (Å²) in [4.78, 5) is 38.7. The SMILES string of the molecule is CC(C)(C)OC(=O)[C@H](O)[C@H]1OCCN(c2cc(F)cc(C(=O)OCc3ccccc3)c2)C1=O. The third-order valence-corrected chi connectivity index (χ3v) is 4.70. The van der Waals surface area contributed by atoms with Crippen LogP contribution in [0.15, 0.2) is 48.5 Å². The summed E-state index contributed by atoms with van der Waals surface area (Å²) in [5.41, 5.74) is -0.0989. The molecule has 2 aromatic carbocycles. The number of morpholine rings is 1. The fourth-order valence-electron chi connectivity index (χ4n) is 3.23. The fraction of sp³-hybridized carbons (Fsp3) is 0.375. The summed E-state index contributed by atoms with van der Waals surface area (Å²) in [6, 6.07) is 12.4. The van der Waals surface area contributed by atoms with Gasteiger partial charge in [0.15, 0.2) is 12.2 Å². The lowest BCUT2D eigenvalue weighted by molar-refractivity contribution is -0.177. The van der Waals surface area contributed by atoms with Gasteiger partial charge in [-0.3, -0.25) is 4.79 Å². The second-order valence-corrected chi connectivity index (χ2v) is 8.52. The molecule has 1 amide bonds. The molecule has 176 valence electrons. The van der Waals surface area contributed by atoms with Gasteiger partial charge >= 0.3 is 11.9 Å². The molecule has 0 aromatic heterocycles. The van der Waals surface area contributed by atoms with Gasteiger partial charge in [0.1, 0.15) is 18.0 Å². The van der Waals surface area contributed by atoms with E-state index in [0.29, 0.717) is 0 Å². The average molecular weight is 459 g/mol. The molecule has 0 spiro atoms. The Kier molecular flexibility index (Phi) is 7.45. The van der Waals surface area contributed by atoms with Gasteiger partial charge in [-0.15, -0.1) is 0 Å². The Morgan fingerprint density at radius 2 is 1.91 bits per heavy atom. The van der Waals surface area contributed by atoms with Crippen LogP contribution in [0.5, 0.6) is 0 Å². The minimum absolute atomic E-state index is 0.00611. The first-order chi connectivity index (χ1) is 15.5. The third-order valence-electron chi connectivity index (χ3n) is 4.70. The number of ether oxygens (including phenoxy) is 3. The molecule has 1 fully saturated rings. The number of hydrogen-bond acceptors (Lipinski definition) is 7. The molecule has 8 nitrogen and oxygen atoms in total. The van der Waals surface area contributed by atoms with E-state index >= 15 is 0 Å². The molecule has 33 heavy (non-hydrogen) atoms. The van der Waals surface area contributed by atoms with Crippen molar-refractivity contribution in [3.8, 4) is 0 Å². The van der Waals surface area contributed by atoms with Crippen LogP contribution in [0, 0.1) is 5.82 Å². The largest absolute Gasteiger partial charge is 0.458 e. The Hall–Kier alpha value is -3.30. The molecular formula is C24H26FNO7. The quantitative estimate of drug-likeness (QED) is 0.663. The number of rotatable bonds is 6. The highest BCUT2D eigenvalue weighted by Crippen LogP contribution is 2.24. The molecule has 0 bridgehead atoms. The molecule has 1 N–H and O–H groups in total. The molecule has 3 rings (SSSR count). The topological polar surface area (TPSA) is 102 Å². The van der Waals surface area contributed by atoms with Crippen LogP contribution in [-0.2, 0) is 30.4 Å². The van der Waals surface area contributed by atoms with Gasteiger partial charge in [0, 0.05) is 12.2 Å². The smallest absolute Gasteiger partial charge is 0.338 e. The number of nitrogens with zero attached hydrogens (tertiary/aromatic N) is 1. The van der Waals surface area contributed by atoms with Gasteiger partial charge in [-0.1, -0.05) is 30.3 Å². The highest BCUT2D eigenvalue weighted by molar-refractivity contribution is 6.01. The van der Waals surface area contributed by atoms with Crippen molar-refractivity contribution in [1.29, 1.82) is 0 Å². The number of amides is 1. The maximum Gasteiger partial charge on any atom is 0.338 e. The van der Waals surface area contributed by atoms with Crippen molar-refractivity contribution in [2.75, 3.05) is 18.1 Å². The zero-order valence-corrected chi connectivity index (χ0v) is 18.6. The predicted octanol–water partition coefficient (Wildman–Crippen LogP) is 2.62. The molecule has 0 saturated carbocycles. The van der Waals surface area contributed by atoms with Crippen LogP contribution >= 0.6 is 0 Å². The molecule has 1 aliphatic heterocycles. The van der Waals surface area contributed by atoms with E-state index in [0.717, 1.165) is 22.6 Å². The lowest BCUT2D eigenvalue weighted by Gasteiger charge is -2.34. The van der Waals surface area contributed by atoms with E-state index in [1.165, 1.54) is 6.07 Å². The maximum absolute atomic E-state index is 14.3. The Morgan fingerprint density at radius 1 is 1.21 bits per heavy atom. The summed E-state index contributed by atoms with van der Waals surface area (Å²) in [7, 11) is 0. The molecule has 1 saturated heterocycles. The molecule has 2 aromatic rings. The third kappa shape index (κ3) is 6.36. The van der Waals surface area contributed by atoms with Gasteiger partial charge in [-0.25, -0.2) is 14.0 Å². The van der Waals surface area contributed by atoms with E-state index in [1.54, 1.807) is 45.0 Å². The number of carbonyl (C=O) groups is 3. The minimum atomic E-state index is -1.86. The molecule has 1 aliphatic rings. The van der Waals surface area contributed by atoms with Gasteiger partial charge in [0.05, 0.1) is 12.2 Å². The molecule has 2 atom stereocenters. The van der Waals surface area contributed by atoms with E-state index < -0.39 is 41.5 Å². The Labute approximate surface area is 190 Å². The van der Waals surface area contributed by atoms with Crippen LogP contribution in [0.3, 0.4) is 0 Å². The zero-order valence-electron chi connectivity index (χ0n) is 18.6. The predicted molar refractivity (Wildman–Crippen MR) is 116 cm³/mol. The standard InChI is InChI=1S/C24H26FNO7/c1-24(2,3)33-23(30)19(27)20-21(28)26(9-10-31-20)18-12-16(11-17(25)13-18)22(29)32-14-15-7-5-4-6-8-15/h4-8,11-13,19-20,27H,9-10,14H2,1-3H3/t19-,20-/m1/s1. The number of anilines is 1. The van der Waals surface area contributed by atoms with Crippen molar-refractivity contribution in [3.05, 3.63) is 65.5 Å². The summed E-state index contributed by atoms with van der Waals surface area (Å²) in [5, 5.41) is 10.3. The van der Waals surface area contributed by atoms with Crippen molar-refractivity contribution < 1.29 is 38.1 Å². The number of hydrogen-bond donors (Lipinski definition) is 1. The fourth-order valence-corrected chi connectivity index (χ4v) is 3.23. The number of benzene rings is 2. The lowest BCUT2D eigenvalue weighted by Crippen LogP contribution is -2.55. The average Bonchev–Trinajstić information content (AvgIpc) is 2.76. The number of aliphatic hydroxyl groups is 1. The van der Waals surface area contributed by atoms with E-state index in [9.17, 15) is 23.9 Å². The van der Waals surface area contributed by atoms with Crippen molar-refractivity contribution >= 4 is 23.5 Å². The second-order valence-electron chi connectivity index (χ2n) is 8.52. The summed E-state index contributed by atoms with van der Waals surface area (Å²) >= 11 is 0. The second kappa shape index (κ2) is 10.1. The first-order valence-corrected chi connectivity index (χ1v) is 10.4. The van der Waals surface area contributed by atoms with E-state index in [2.05, 4.69) is 0 Å². The number of halogens is 1. The minimum Gasteiger partial charge on any atom is -0.458 e. The molecule has 1 heterocycles. The summed E-state index contributed by atoms with van der Waals surface area (Å²) < 4.78 is 30.0. The summed E-state index contributed by atoms with van der Waals surface area (Å²) in [6.07, 6.45) is -3.38. The molecule has 0 unspecified atom stereocenters. The van der Waals surface area contributed by atoms with Crippen molar-refractivity contribution in [3.63, 3.8) is 0 Å². The monoisotopic (exact) mass is 459 g/mol. The first kappa shape index (κ1) is 24.3. The summed E-state index contributed by atoms with van der Waals surface area (Å²) in [5.74, 6) is -3.27. The normalized spacial score (nSPS) is 17.4. The molecular weight excluding hydrogens is 433 g/mol. The Balaban J connectivity index is 1.75. The van der Waals surface area contributed by atoms with Gasteiger partial charge < -0.3 is 24.2 Å². The lowest BCUT2D eigenvalue weighted by atomic mass is 10.1.